The molecule has 0 heterocycles. The zero-order valence-corrected chi connectivity index (χ0v) is 8.41. The van der Waals surface area contributed by atoms with Gasteiger partial charge in [0.25, 0.3) is 5.91 Å². The second-order valence-corrected chi connectivity index (χ2v) is 3.35. The van der Waals surface area contributed by atoms with Crippen LogP contribution in [0.4, 0.5) is 0 Å². The maximum Gasteiger partial charge on any atom is 0.277 e. The molecule has 0 bridgehead atoms. The summed E-state index contributed by atoms with van der Waals surface area (Å²) in [6.45, 7) is 0. The van der Waals surface area contributed by atoms with Gasteiger partial charge in [-0.05, 0) is 12.1 Å². The van der Waals surface area contributed by atoms with E-state index in [1.807, 2.05) is 0 Å². The zero-order chi connectivity index (χ0) is 10.0. The average molecular weight is 240 g/mol. The highest BCUT2D eigenvalue weighted by atomic mass is 35.5. The number of carbonyl (C=O) groups is 1. The Bertz CT molecular complexity index is 354. The van der Waals surface area contributed by atoms with Crippen LogP contribution in [0.5, 0.6) is 0 Å². The first-order valence-electron chi connectivity index (χ1n) is 3.16. The van der Waals surface area contributed by atoms with E-state index in [-0.39, 0.29) is 20.6 Å². The molecule has 0 fully saturated rings. The summed E-state index contributed by atoms with van der Waals surface area (Å²) in [6.07, 6.45) is 0. The van der Waals surface area contributed by atoms with E-state index < -0.39 is 5.91 Å². The normalized spacial score (nSPS) is 9.85. The Morgan fingerprint density at radius 1 is 1.23 bits per heavy atom. The quantitative estimate of drug-likeness (QED) is 0.450. The molecule has 3 nitrogen and oxygen atoms in total. The standard InChI is InChI=1S/C7H4Cl3NO2/c8-3-1-2-4(9)6(10)5(3)7(12)11-13/h1-2,13H,(H,11,12). The van der Waals surface area contributed by atoms with Crippen molar-refractivity contribution in [2.45, 2.75) is 0 Å². The van der Waals surface area contributed by atoms with Crippen LogP contribution in [0, 0.1) is 0 Å². The summed E-state index contributed by atoms with van der Waals surface area (Å²) in [6, 6.07) is 2.88. The van der Waals surface area contributed by atoms with Crippen LogP contribution in [0.25, 0.3) is 0 Å². The summed E-state index contributed by atoms with van der Waals surface area (Å²) in [5.41, 5.74) is 1.38. The van der Waals surface area contributed by atoms with Gasteiger partial charge in [0.2, 0.25) is 0 Å². The van der Waals surface area contributed by atoms with Crippen LogP contribution < -0.4 is 5.48 Å². The molecule has 0 spiro atoms. The van der Waals surface area contributed by atoms with Crippen molar-refractivity contribution in [2.24, 2.45) is 0 Å². The molecule has 0 unspecified atom stereocenters. The number of amides is 1. The Labute approximate surface area is 89.2 Å². The van der Waals surface area contributed by atoms with Crippen LogP contribution in [0.2, 0.25) is 15.1 Å². The molecule has 70 valence electrons. The van der Waals surface area contributed by atoms with Crippen molar-refractivity contribution in [1.82, 2.24) is 5.48 Å². The van der Waals surface area contributed by atoms with Gasteiger partial charge < -0.3 is 0 Å². The van der Waals surface area contributed by atoms with Gasteiger partial charge in [-0.2, -0.15) is 0 Å². The van der Waals surface area contributed by atoms with E-state index >= 15 is 0 Å². The molecule has 0 radical (unpaired) electrons. The Morgan fingerprint density at radius 2 is 1.77 bits per heavy atom. The lowest BCUT2D eigenvalue weighted by molar-refractivity contribution is 0.0706. The molecule has 1 amide bonds. The van der Waals surface area contributed by atoms with E-state index in [1.165, 1.54) is 17.6 Å². The Morgan fingerprint density at radius 3 is 2.31 bits per heavy atom. The van der Waals surface area contributed by atoms with Gasteiger partial charge >= 0.3 is 0 Å². The summed E-state index contributed by atoms with van der Waals surface area (Å²) >= 11 is 17.0. The minimum Gasteiger partial charge on any atom is -0.288 e. The monoisotopic (exact) mass is 239 g/mol. The second-order valence-electron chi connectivity index (χ2n) is 2.16. The molecular weight excluding hydrogens is 236 g/mol. The molecular formula is C7H4Cl3NO2. The fourth-order valence-corrected chi connectivity index (χ4v) is 1.49. The van der Waals surface area contributed by atoms with Crippen LogP contribution in [0.3, 0.4) is 0 Å². The van der Waals surface area contributed by atoms with Crippen molar-refractivity contribution in [3.05, 3.63) is 32.8 Å². The lowest BCUT2D eigenvalue weighted by Gasteiger charge is -2.05. The minimum atomic E-state index is -0.794. The largest absolute Gasteiger partial charge is 0.288 e. The molecule has 2 N–H and O–H groups in total. The van der Waals surface area contributed by atoms with Crippen molar-refractivity contribution in [3.8, 4) is 0 Å². The van der Waals surface area contributed by atoms with Gasteiger partial charge in [0.1, 0.15) is 0 Å². The summed E-state index contributed by atoms with van der Waals surface area (Å²) < 4.78 is 0. The van der Waals surface area contributed by atoms with Crippen LogP contribution >= 0.6 is 34.8 Å². The third kappa shape index (κ3) is 2.06. The van der Waals surface area contributed by atoms with Crippen LogP contribution in [-0.2, 0) is 0 Å². The van der Waals surface area contributed by atoms with Crippen LogP contribution in [0.15, 0.2) is 12.1 Å². The third-order valence-corrected chi connectivity index (χ3v) is 2.49. The first kappa shape index (κ1) is 10.6. The molecule has 0 aliphatic carbocycles. The number of carbonyl (C=O) groups excluding carboxylic acids is 1. The predicted molar refractivity (Wildman–Crippen MR) is 50.7 cm³/mol. The number of rotatable bonds is 1. The van der Waals surface area contributed by atoms with Crippen molar-refractivity contribution in [2.75, 3.05) is 0 Å². The van der Waals surface area contributed by atoms with Gasteiger partial charge in [0.15, 0.2) is 0 Å². The zero-order valence-electron chi connectivity index (χ0n) is 6.14. The maximum absolute atomic E-state index is 11.0. The van der Waals surface area contributed by atoms with E-state index in [1.54, 1.807) is 0 Å². The maximum atomic E-state index is 11.0. The summed E-state index contributed by atoms with van der Waals surface area (Å²) in [4.78, 5) is 11.0. The van der Waals surface area contributed by atoms with Gasteiger partial charge in [-0.1, -0.05) is 34.8 Å². The fraction of sp³-hybridized carbons (Fsp3) is 0. The van der Waals surface area contributed by atoms with Crippen LogP contribution in [0.1, 0.15) is 10.4 Å². The van der Waals surface area contributed by atoms with Gasteiger partial charge in [0.05, 0.1) is 20.6 Å². The first-order valence-corrected chi connectivity index (χ1v) is 4.29. The van der Waals surface area contributed by atoms with Crippen molar-refractivity contribution in [3.63, 3.8) is 0 Å². The van der Waals surface area contributed by atoms with E-state index in [4.69, 9.17) is 40.0 Å². The van der Waals surface area contributed by atoms with Crippen molar-refractivity contribution < 1.29 is 10.0 Å². The first-order chi connectivity index (χ1) is 6.07. The molecule has 0 saturated carbocycles. The highest BCUT2D eigenvalue weighted by Gasteiger charge is 2.16. The Balaban J connectivity index is 3.33. The number of nitrogens with one attached hydrogen (secondary N) is 1. The topological polar surface area (TPSA) is 49.3 Å². The molecule has 0 saturated heterocycles. The van der Waals surface area contributed by atoms with E-state index in [9.17, 15) is 4.79 Å². The summed E-state index contributed by atoms with van der Waals surface area (Å²) in [7, 11) is 0. The van der Waals surface area contributed by atoms with Gasteiger partial charge in [-0.25, -0.2) is 5.48 Å². The van der Waals surface area contributed by atoms with E-state index in [0.29, 0.717) is 0 Å². The molecule has 1 aromatic rings. The van der Waals surface area contributed by atoms with Crippen LogP contribution in [-0.4, -0.2) is 11.1 Å². The smallest absolute Gasteiger partial charge is 0.277 e. The summed E-state index contributed by atoms with van der Waals surface area (Å²) in [5.74, 6) is -0.794. The molecule has 1 rings (SSSR count). The molecule has 6 heteroatoms. The number of hydroxylamine groups is 1. The lowest BCUT2D eigenvalue weighted by atomic mass is 10.2. The molecule has 13 heavy (non-hydrogen) atoms. The lowest BCUT2D eigenvalue weighted by Crippen LogP contribution is -2.19. The number of benzene rings is 1. The fourth-order valence-electron chi connectivity index (χ4n) is 0.791. The summed E-state index contributed by atoms with van der Waals surface area (Å²) in [5, 5.41) is 8.71. The van der Waals surface area contributed by atoms with E-state index in [0.717, 1.165) is 0 Å². The SMILES string of the molecule is O=C(NO)c1c(Cl)ccc(Cl)c1Cl. The van der Waals surface area contributed by atoms with Crippen molar-refractivity contribution in [1.29, 1.82) is 0 Å². The second kappa shape index (κ2) is 4.15. The average Bonchev–Trinajstić information content (AvgIpc) is 2.12. The predicted octanol–water partition coefficient (Wildman–Crippen LogP) is 2.77. The number of halogens is 3. The molecule has 1 aromatic carbocycles. The molecule has 0 aromatic heterocycles. The minimum absolute atomic E-state index is 0.0146. The van der Waals surface area contributed by atoms with E-state index in [2.05, 4.69) is 0 Å². The number of hydrogen-bond donors (Lipinski definition) is 2. The third-order valence-electron chi connectivity index (χ3n) is 1.37. The molecule has 0 aliphatic rings. The van der Waals surface area contributed by atoms with Gasteiger partial charge in [-0.15, -0.1) is 0 Å². The number of hydrogen-bond acceptors (Lipinski definition) is 2. The van der Waals surface area contributed by atoms with Gasteiger partial charge in [0, 0.05) is 0 Å². The highest BCUT2D eigenvalue weighted by molar-refractivity contribution is 6.46. The van der Waals surface area contributed by atoms with Crippen molar-refractivity contribution >= 4 is 40.7 Å². The Kier molecular flexibility index (Phi) is 3.39. The molecule has 0 atom stereocenters. The highest BCUT2D eigenvalue weighted by Crippen LogP contribution is 2.30. The Hall–Kier alpha value is -0.480. The molecule has 0 aliphatic heterocycles. The van der Waals surface area contributed by atoms with Gasteiger partial charge in [-0.3, -0.25) is 10.0 Å².